The molecule has 1 atom stereocenters. The molecule has 0 amide bonds. The third-order valence-electron chi connectivity index (χ3n) is 3.48. The zero-order valence-electron chi connectivity index (χ0n) is 11.9. The molecule has 3 rings (SSSR count). The van der Waals surface area contributed by atoms with E-state index in [9.17, 15) is 9.90 Å². The highest BCUT2D eigenvalue weighted by Gasteiger charge is 2.22. The van der Waals surface area contributed by atoms with Gasteiger partial charge in [0.05, 0.1) is 11.0 Å². The molecular formula is C14H16N4O2S. The van der Waals surface area contributed by atoms with Crippen molar-refractivity contribution in [2.75, 3.05) is 0 Å². The van der Waals surface area contributed by atoms with Gasteiger partial charge in [-0.25, -0.2) is 0 Å². The van der Waals surface area contributed by atoms with Crippen LogP contribution in [0, 0.1) is 0 Å². The van der Waals surface area contributed by atoms with Crippen LogP contribution in [0.2, 0.25) is 0 Å². The molecule has 0 saturated heterocycles. The van der Waals surface area contributed by atoms with E-state index >= 15 is 0 Å². The van der Waals surface area contributed by atoms with Crippen molar-refractivity contribution >= 4 is 34.5 Å². The van der Waals surface area contributed by atoms with E-state index in [1.165, 1.54) is 11.8 Å². The summed E-state index contributed by atoms with van der Waals surface area (Å²) < 4.78 is 4.02. The molecule has 2 heterocycles. The molecule has 21 heavy (non-hydrogen) atoms. The normalized spacial score (nSPS) is 13.0. The number of nitrogens with zero attached hydrogens (tertiary/aromatic N) is 4. The second-order valence-corrected chi connectivity index (χ2v) is 5.87. The number of carbonyl (C=O) groups is 1. The third-order valence-corrected chi connectivity index (χ3v) is 4.78. The van der Waals surface area contributed by atoms with Crippen LogP contribution in [0.4, 0.5) is 0 Å². The predicted octanol–water partition coefficient (Wildman–Crippen LogP) is 2.66. The van der Waals surface area contributed by atoms with Crippen LogP contribution >= 0.6 is 11.8 Å². The van der Waals surface area contributed by atoms with E-state index < -0.39 is 11.2 Å². The number of thioether (sulfide) groups is 1. The monoisotopic (exact) mass is 304 g/mol. The Morgan fingerprint density at radius 3 is 2.62 bits per heavy atom. The maximum Gasteiger partial charge on any atom is 0.317 e. The molecule has 0 radical (unpaired) electrons. The minimum Gasteiger partial charge on any atom is -0.480 e. The Kier molecular flexibility index (Phi) is 3.59. The van der Waals surface area contributed by atoms with Gasteiger partial charge in [0.15, 0.2) is 5.16 Å². The molecule has 0 bridgehead atoms. The molecular weight excluding hydrogens is 288 g/mol. The molecule has 1 unspecified atom stereocenters. The van der Waals surface area contributed by atoms with Crippen molar-refractivity contribution in [3.05, 3.63) is 24.3 Å². The highest BCUT2D eigenvalue weighted by Crippen LogP contribution is 2.29. The topological polar surface area (TPSA) is 72.4 Å². The molecule has 7 heteroatoms. The number of para-hydroxylation sites is 2. The first-order valence-corrected chi connectivity index (χ1v) is 7.77. The Balaban J connectivity index is 2.19. The average molecular weight is 304 g/mol. The molecule has 1 N–H and O–H groups in total. The van der Waals surface area contributed by atoms with Crippen molar-refractivity contribution in [3.8, 4) is 0 Å². The van der Waals surface area contributed by atoms with Crippen LogP contribution < -0.4 is 0 Å². The van der Waals surface area contributed by atoms with Gasteiger partial charge in [-0.3, -0.25) is 9.20 Å². The Morgan fingerprint density at radius 2 is 2.00 bits per heavy atom. The van der Waals surface area contributed by atoms with E-state index in [4.69, 9.17) is 0 Å². The maximum atomic E-state index is 11.2. The number of carboxylic acids is 1. The summed E-state index contributed by atoms with van der Waals surface area (Å²) in [5, 5.41) is 17.8. The summed E-state index contributed by atoms with van der Waals surface area (Å²) in [4.78, 5) is 11.2. The van der Waals surface area contributed by atoms with Crippen molar-refractivity contribution < 1.29 is 9.90 Å². The molecule has 110 valence electrons. The van der Waals surface area contributed by atoms with Gasteiger partial charge >= 0.3 is 5.97 Å². The minimum absolute atomic E-state index is 0.513. The molecule has 0 aliphatic rings. The molecule has 0 fully saturated rings. The Bertz CT molecular complexity index is 808. The quantitative estimate of drug-likeness (QED) is 0.734. The number of benzene rings is 1. The van der Waals surface area contributed by atoms with E-state index in [2.05, 4.69) is 21.7 Å². The Morgan fingerprint density at radius 1 is 1.29 bits per heavy atom. The Hall–Kier alpha value is -2.02. The summed E-state index contributed by atoms with van der Waals surface area (Å²) in [5.41, 5.74) is 2.08. The largest absolute Gasteiger partial charge is 0.480 e. The van der Waals surface area contributed by atoms with Gasteiger partial charge in [-0.1, -0.05) is 30.8 Å². The first kappa shape index (κ1) is 13.9. The number of hydrogen-bond donors (Lipinski definition) is 1. The summed E-state index contributed by atoms with van der Waals surface area (Å²) in [5.74, 6) is -0.0695. The van der Waals surface area contributed by atoms with Crippen LogP contribution in [0.15, 0.2) is 29.4 Å². The van der Waals surface area contributed by atoms with Gasteiger partial charge in [0.2, 0.25) is 5.78 Å². The van der Waals surface area contributed by atoms with Crippen molar-refractivity contribution in [2.24, 2.45) is 0 Å². The number of imidazole rings is 1. The summed E-state index contributed by atoms with van der Waals surface area (Å²) in [7, 11) is 0. The summed E-state index contributed by atoms with van der Waals surface area (Å²) in [6, 6.07) is 7.99. The number of rotatable bonds is 5. The molecule has 0 saturated carbocycles. The first-order valence-electron chi connectivity index (χ1n) is 6.89. The number of hydrogen-bond acceptors (Lipinski definition) is 4. The maximum absolute atomic E-state index is 11.2. The SMILES string of the molecule is CCC(Sc1nnc2n(CC)c3ccccc3n12)C(=O)O. The first-order chi connectivity index (χ1) is 10.2. The predicted molar refractivity (Wildman–Crippen MR) is 81.7 cm³/mol. The number of aryl methyl sites for hydroxylation is 1. The average Bonchev–Trinajstić information content (AvgIpc) is 3.02. The molecule has 6 nitrogen and oxygen atoms in total. The molecule has 0 aliphatic carbocycles. The smallest absolute Gasteiger partial charge is 0.317 e. The number of carboxylic acid groups (broad SMARTS) is 1. The Labute approximate surface area is 125 Å². The van der Waals surface area contributed by atoms with Gasteiger partial charge in [-0.2, -0.15) is 0 Å². The van der Waals surface area contributed by atoms with E-state index in [-0.39, 0.29) is 0 Å². The number of aromatic nitrogens is 4. The van der Waals surface area contributed by atoms with Gasteiger partial charge in [-0.05, 0) is 25.5 Å². The standard InChI is InChI=1S/C14H16N4O2S/c1-3-11(12(19)20)21-14-16-15-13-17(4-2)9-7-5-6-8-10(9)18(13)14/h5-8,11H,3-4H2,1-2H3,(H,19,20). The second kappa shape index (κ2) is 5.40. The third kappa shape index (κ3) is 2.17. The van der Waals surface area contributed by atoms with Crippen molar-refractivity contribution in [1.82, 2.24) is 19.2 Å². The summed E-state index contributed by atoms with van der Waals surface area (Å²) in [6.45, 7) is 4.70. The molecule has 2 aromatic heterocycles. The lowest BCUT2D eigenvalue weighted by Gasteiger charge is -2.06. The zero-order chi connectivity index (χ0) is 15.0. The van der Waals surface area contributed by atoms with Gasteiger partial charge in [0.25, 0.3) is 0 Å². The molecule has 0 aliphatic heterocycles. The number of fused-ring (bicyclic) bond motifs is 3. The van der Waals surface area contributed by atoms with Gasteiger partial charge < -0.3 is 9.67 Å². The van der Waals surface area contributed by atoms with E-state index in [0.29, 0.717) is 11.6 Å². The number of aliphatic carboxylic acids is 1. The van der Waals surface area contributed by atoms with Gasteiger partial charge in [-0.15, -0.1) is 10.2 Å². The van der Waals surface area contributed by atoms with Crippen LogP contribution in [-0.2, 0) is 11.3 Å². The van der Waals surface area contributed by atoms with E-state index in [1.54, 1.807) is 0 Å². The van der Waals surface area contributed by atoms with Crippen LogP contribution in [0.25, 0.3) is 16.8 Å². The lowest BCUT2D eigenvalue weighted by Crippen LogP contribution is -2.15. The van der Waals surface area contributed by atoms with Crippen LogP contribution in [0.1, 0.15) is 20.3 Å². The van der Waals surface area contributed by atoms with Crippen molar-refractivity contribution in [2.45, 2.75) is 37.2 Å². The fraction of sp³-hybridized carbons (Fsp3) is 0.357. The highest BCUT2D eigenvalue weighted by atomic mass is 32.2. The molecule has 0 spiro atoms. The van der Waals surface area contributed by atoms with Crippen molar-refractivity contribution in [1.29, 1.82) is 0 Å². The molecule has 3 aromatic rings. The van der Waals surface area contributed by atoms with Crippen LogP contribution in [0.3, 0.4) is 0 Å². The zero-order valence-corrected chi connectivity index (χ0v) is 12.7. The second-order valence-electron chi connectivity index (χ2n) is 4.70. The van der Waals surface area contributed by atoms with Gasteiger partial charge in [0.1, 0.15) is 5.25 Å². The fourth-order valence-electron chi connectivity index (χ4n) is 2.46. The van der Waals surface area contributed by atoms with Crippen LogP contribution in [0.5, 0.6) is 0 Å². The lowest BCUT2D eigenvalue weighted by molar-refractivity contribution is -0.136. The van der Waals surface area contributed by atoms with Crippen molar-refractivity contribution in [3.63, 3.8) is 0 Å². The summed E-state index contributed by atoms with van der Waals surface area (Å²) >= 11 is 1.25. The highest BCUT2D eigenvalue weighted by molar-refractivity contribution is 8.00. The lowest BCUT2D eigenvalue weighted by atomic mass is 10.3. The van der Waals surface area contributed by atoms with Gasteiger partial charge in [0, 0.05) is 6.54 Å². The fourth-order valence-corrected chi connectivity index (χ4v) is 3.36. The molecule has 1 aromatic carbocycles. The van der Waals surface area contributed by atoms with Crippen LogP contribution in [-0.4, -0.2) is 35.5 Å². The van der Waals surface area contributed by atoms with E-state index in [0.717, 1.165) is 23.4 Å². The van der Waals surface area contributed by atoms with E-state index in [1.807, 2.05) is 35.6 Å². The summed E-state index contributed by atoms with van der Waals surface area (Å²) in [6.07, 6.45) is 0.543. The minimum atomic E-state index is -0.821.